The van der Waals surface area contributed by atoms with Crippen molar-refractivity contribution in [2.24, 2.45) is 0 Å². The minimum atomic E-state index is 0.799. The molecule has 15 rings (SSSR count). The van der Waals surface area contributed by atoms with E-state index in [1.165, 1.54) is 5.39 Å². The summed E-state index contributed by atoms with van der Waals surface area (Å²) in [5.74, 6) is 1.61. The fourth-order valence-electron chi connectivity index (χ4n) is 11.3. The van der Waals surface area contributed by atoms with Crippen LogP contribution in [-0.2, 0) is 0 Å². The van der Waals surface area contributed by atoms with Crippen LogP contribution in [0.4, 0.5) is 34.1 Å². The van der Waals surface area contributed by atoms with Crippen molar-refractivity contribution in [2.45, 2.75) is 0 Å². The van der Waals surface area contributed by atoms with Crippen LogP contribution in [0.5, 0.6) is 11.5 Å². The zero-order valence-corrected chi connectivity index (χ0v) is 38.2. The number of ether oxygens (including phenoxy) is 1. The molecule has 0 unspecified atom stereocenters. The van der Waals surface area contributed by atoms with Crippen LogP contribution in [0.15, 0.2) is 251 Å². The van der Waals surface area contributed by atoms with Crippen LogP contribution >= 0.6 is 0 Å². The van der Waals surface area contributed by atoms with E-state index in [-0.39, 0.29) is 0 Å². The molecule has 0 saturated carbocycles. The summed E-state index contributed by atoms with van der Waals surface area (Å²) in [6, 6.07) is 86.0. The van der Waals surface area contributed by atoms with E-state index < -0.39 is 0 Å². The second-order valence-electron chi connectivity index (χ2n) is 18.3. The van der Waals surface area contributed by atoms with Crippen molar-refractivity contribution in [1.82, 2.24) is 0 Å². The zero-order valence-electron chi connectivity index (χ0n) is 38.2. The molecule has 1 aliphatic heterocycles. The molecule has 12 aromatic carbocycles. The van der Waals surface area contributed by atoms with Crippen LogP contribution in [0.25, 0.3) is 98.4 Å². The Balaban J connectivity index is 0.983. The smallest absolute Gasteiger partial charge is 0.159 e. The molecule has 0 atom stereocenters. The fraction of sp³-hybridized carbons (Fsp3) is 0. The van der Waals surface area contributed by atoms with Crippen LogP contribution in [0.2, 0.25) is 0 Å². The van der Waals surface area contributed by atoms with Crippen LogP contribution in [0.3, 0.4) is 0 Å². The fourth-order valence-corrected chi connectivity index (χ4v) is 11.3. The third-order valence-electron chi connectivity index (χ3n) is 14.4. The van der Waals surface area contributed by atoms with Gasteiger partial charge < -0.3 is 23.4 Å². The molecule has 5 heteroatoms. The summed E-state index contributed by atoms with van der Waals surface area (Å²) < 4.78 is 20.9. The molecule has 0 radical (unpaired) electrons. The number of para-hydroxylation sites is 6. The van der Waals surface area contributed by atoms with Gasteiger partial charge in [0.15, 0.2) is 11.2 Å². The Labute approximate surface area is 408 Å². The highest BCUT2D eigenvalue weighted by Crippen LogP contribution is 2.55. The van der Waals surface area contributed by atoms with Gasteiger partial charge in [-0.25, -0.2) is 0 Å². The topological polar surface area (TPSA) is 42.0 Å². The number of hydrogen-bond donors (Lipinski definition) is 0. The summed E-state index contributed by atoms with van der Waals surface area (Å²) in [5.41, 5.74) is 13.8. The Morgan fingerprint density at radius 2 is 0.789 bits per heavy atom. The van der Waals surface area contributed by atoms with Crippen molar-refractivity contribution in [3.63, 3.8) is 0 Å². The maximum absolute atomic E-state index is 7.26. The number of fused-ring (bicyclic) bond motifs is 6. The SMILES string of the molecule is c1ccc(-c2ccccc2N(c2cc3c4c(ccc5ccc6c(N(c7ccccc7-c7ccccc7)c7cccc8c7oc7ccccc78)ccc(c6c54)O3)c2)c2cccc3c2oc2ccccc23)cc1. The minimum absolute atomic E-state index is 0.799. The largest absolute Gasteiger partial charge is 0.456 e. The number of hydrogen-bond acceptors (Lipinski definition) is 5. The predicted molar refractivity (Wildman–Crippen MR) is 294 cm³/mol. The first-order valence-corrected chi connectivity index (χ1v) is 24.1. The van der Waals surface area contributed by atoms with E-state index in [1.807, 2.05) is 18.2 Å². The highest BCUT2D eigenvalue weighted by Gasteiger charge is 2.29. The third-order valence-corrected chi connectivity index (χ3v) is 14.4. The molecule has 0 fully saturated rings. The molecule has 0 aliphatic carbocycles. The summed E-state index contributed by atoms with van der Waals surface area (Å²) in [6.45, 7) is 0. The average molecular weight is 909 g/mol. The van der Waals surface area contributed by atoms with Crippen molar-refractivity contribution in [3.05, 3.63) is 243 Å². The van der Waals surface area contributed by atoms with Gasteiger partial charge in [-0.1, -0.05) is 182 Å². The van der Waals surface area contributed by atoms with E-state index in [1.54, 1.807) is 0 Å². The van der Waals surface area contributed by atoms with E-state index >= 15 is 0 Å². The second kappa shape index (κ2) is 15.5. The van der Waals surface area contributed by atoms with Gasteiger partial charge in [0.25, 0.3) is 0 Å². The molecular formula is C66H40N2O3. The normalized spacial score (nSPS) is 12.1. The molecule has 0 bridgehead atoms. The Morgan fingerprint density at radius 3 is 1.44 bits per heavy atom. The second-order valence-corrected chi connectivity index (χ2v) is 18.3. The molecule has 0 amide bonds. The Kier molecular flexibility index (Phi) is 8.59. The number of anilines is 6. The van der Waals surface area contributed by atoms with Gasteiger partial charge in [0, 0.05) is 60.3 Å². The van der Waals surface area contributed by atoms with Crippen molar-refractivity contribution >= 4 is 110 Å². The van der Waals surface area contributed by atoms with E-state index in [2.05, 4.69) is 234 Å². The van der Waals surface area contributed by atoms with Gasteiger partial charge in [-0.3, -0.25) is 0 Å². The summed E-state index contributed by atoms with van der Waals surface area (Å²) >= 11 is 0. The maximum atomic E-state index is 7.26. The molecule has 0 saturated heterocycles. The molecule has 3 heterocycles. The molecule has 2 aromatic heterocycles. The Morgan fingerprint density at radius 1 is 0.282 bits per heavy atom. The standard InChI is InChI=1S/C66H40N2O3/c1-3-17-41(18-4-1)46-21-7-11-27-53(46)67(56-29-15-25-50-48-23-9-13-31-58(48)70-65(50)56)45-39-44-34-33-43-35-36-52-55(37-38-60-64(52)63(43)62(44)61(40-45)69-60)68(54-28-12-8-22-47(54)42-19-5-2-6-20-42)57-30-16-26-51-49-24-10-14-32-59(49)71-66(51)57/h1-40H. The zero-order chi connectivity index (χ0) is 46.6. The molecule has 14 aromatic rings. The van der Waals surface area contributed by atoms with E-state index in [0.29, 0.717) is 0 Å². The summed E-state index contributed by atoms with van der Waals surface area (Å²) in [5, 5.41) is 10.9. The summed E-state index contributed by atoms with van der Waals surface area (Å²) in [4.78, 5) is 4.73. The first-order valence-electron chi connectivity index (χ1n) is 24.1. The van der Waals surface area contributed by atoms with Crippen LogP contribution in [0, 0.1) is 0 Å². The lowest BCUT2D eigenvalue weighted by Crippen LogP contribution is -2.13. The van der Waals surface area contributed by atoms with Gasteiger partial charge in [-0.2, -0.15) is 0 Å². The molecule has 0 spiro atoms. The van der Waals surface area contributed by atoms with Crippen molar-refractivity contribution in [1.29, 1.82) is 0 Å². The van der Waals surface area contributed by atoms with E-state index in [0.717, 1.165) is 139 Å². The lowest BCUT2D eigenvalue weighted by Gasteiger charge is -2.31. The monoisotopic (exact) mass is 908 g/mol. The lowest BCUT2D eigenvalue weighted by atomic mass is 9.92. The minimum Gasteiger partial charge on any atom is -0.456 e. The van der Waals surface area contributed by atoms with Gasteiger partial charge in [-0.15, -0.1) is 0 Å². The van der Waals surface area contributed by atoms with Gasteiger partial charge in [-0.05, 0) is 76.5 Å². The predicted octanol–water partition coefficient (Wildman–Crippen LogP) is 19.3. The van der Waals surface area contributed by atoms with Crippen molar-refractivity contribution in [3.8, 4) is 33.8 Å². The van der Waals surface area contributed by atoms with E-state index in [4.69, 9.17) is 13.6 Å². The first kappa shape index (κ1) is 39.4. The van der Waals surface area contributed by atoms with Crippen LogP contribution in [-0.4, -0.2) is 0 Å². The van der Waals surface area contributed by atoms with Crippen LogP contribution in [0.1, 0.15) is 0 Å². The highest BCUT2D eigenvalue weighted by atomic mass is 16.5. The first-order chi connectivity index (χ1) is 35.2. The van der Waals surface area contributed by atoms with Crippen molar-refractivity contribution in [2.75, 3.05) is 9.80 Å². The van der Waals surface area contributed by atoms with Gasteiger partial charge in [0.2, 0.25) is 0 Å². The number of rotatable bonds is 8. The highest BCUT2D eigenvalue weighted by molar-refractivity contribution is 6.28. The quantitative estimate of drug-likeness (QED) is 0.142. The number of furan rings is 2. The number of nitrogens with zero attached hydrogens (tertiary/aromatic N) is 2. The lowest BCUT2D eigenvalue weighted by molar-refractivity contribution is 0.493. The van der Waals surface area contributed by atoms with Gasteiger partial charge in [0.05, 0.1) is 34.1 Å². The Hall–Kier alpha value is -9.58. The van der Waals surface area contributed by atoms with Crippen molar-refractivity contribution < 1.29 is 13.6 Å². The molecule has 332 valence electrons. The molecule has 0 N–H and O–H groups in total. The summed E-state index contributed by atoms with van der Waals surface area (Å²) in [7, 11) is 0. The molecule has 71 heavy (non-hydrogen) atoms. The van der Waals surface area contributed by atoms with Gasteiger partial charge >= 0.3 is 0 Å². The molecular weight excluding hydrogens is 869 g/mol. The Bertz CT molecular complexity index is 4460. The maximum Gasteiger partial charge on any atom is 0.159 e. The number of benzene rings is 12. The van der Waals surface area contributed by atoms with Crippen LogP contribution < -0.4 is 14.5 Å². The molecule has 1 aliphatic rings. The third kappa shape index (κ3) is 6.00. The molecule has 5 nitrogen and oxygen atoms in total. The average Bonchev–Trinajstić information content (AvgIpc) is 4.02. The van der Waals surface area contributed by atoms with E-state index in [9.17, 15) is 0 Å². The summed E-state index contributed by atoms with van der Waals surface area (Å²) in [6.07, 6.45) is 0. The van der Waals surface area contributed by atoms with Gasteiger partial charge in [0.1, 0.15) is 22.7 Å².